The molecule has 7 heteroatoms. The van der Waals surface area contributed by atoms with Crippen molar-refractivity contribution in [3.05, 3.63) is 64.7 Å². The van der Waals surface area contributed by atoms with E-state index in [4.69, 9.17) is 16.3 Å². The van der Waals surface area contributed by atoms with Gasteiger partial charge in [-0.25, -0.2) is 8.42 Å². The maximum Gasteiger partial charge on any atom is 0.254 e. The fourth-order valence-corrected chi connectivity index (χ4v) is 5.57. The highest BCUT2D eigenvalue weighted by molar-refractivity contribution is 7.91. The molecule has 5 nitrogen and oxygen atoms in total. The molecule has 2 aromatic carbocycles. The van der Waals surface area contributed by atoms with Crippen molar-refractivity contribution in [2.75, 3.05) is 18.1 Å². The average Bonchev–Trinajstić information content (AvgIpc) is 3.09. The van der Waals surface area contributed by atoms with E-state index in [1.807, 2.05) is 12.1 Å². The zero-order valence-corrected chi connectivity index (χ0v) is 18.8. The summed E-state index contributed by atoms with van der Waals surface area (Å²) in [5.74, 6) is 0.654. The third-order valence-corrected chi connectivity index (χ3v) is 7.26. The van der Waals surface area contributed by atoms with Gasteiger partial charge in [0.1, 0.15) is 5.75 Å². The number of carbonyl (C=O) groups is 1. The van der Waals surface area contributed by atoms with Crippen LogP contribution < -0.4 is 4.74 Å². The molecule has 0 aromatic heterocycles. The van der Waals surface area contributed by atoms with Crippen LogP contribution in [-0.2, 0) is 16.4 Å². The Balaban J connectivity index is 1.76. The van der Waals surface area contributed by atoms with Crippen LogP contribution >= 0.6 is 11.6 Å². The third kappa shape index (κ3) is 6.22. The summed E-state index contributed by atoms with van der Waals surface area (Å²) in [6.45, 7) is 3.11. The summed E-state index contributed by atoms with van der Waals surface area (Å²) < 4.78 is 29.8. The number of nitrogens with zero attached hydrogens (tertiary/aromatic N) is 1. The van der Waals surface area contributed by atoms with Gasteiger partial charge in [-0.1, -0.05) is 43.5 Å². The fourth-order valence-electron chi connectivity index (χ4n) is 3.62. The maximum atomic E-state index is 13.3. The molecule has 30 heavy (non-hydrogen) atoms. The summed E-state index contributed by atoms with van der Waals surface area (Å²) in [5.41, 5.74) is 1.39. The van der Waals surface area contributed by atoms with E-state index in [1.165, 1.54) is 0 Å². The van der Waals surface area contributed by atoms with Crippen LogP contribution in [0, 0.1) is 0 Å². The Labute approximate surface area is 183 Å². The van der Waals surface area contributed by atoms with Gasteiger partial charge in [-0.05, 0) is 54.8 Å². The molecule has 1 fully saturated rings. The molecular weight excluding hydrogens is 422 g/mol. The van der Waals surface area contributed by atoms with Crippen molar-refractivity contribution < 1.29 is 17.9 Å². The zero-order valence-electron chi connectivity index (χ0n) is 17.2. The second-order valence-corrected chi connectivity index (χ2v) is 10.4. The van der Waals surface area contributed by atoms with Crippen LogP contribution in [0.2, 0.25) is 5.02 Å². The van der Waals surface area contributed by atoms with Crippen molar-refractivity contribution in [3.63, 3.8) is 0 Å². The Bertz CT molecular complexity index is 959. The largest absolute Gasteiger partial charge is 0.494 e. The van der Waals surface area contributed by atoms with Crippen molar-refractivity contribution in [2.24, 2.45) is 0 Å². The lowest BCUT2D eigenvalue weighted by atomic mass is 10.1. The molecule has 2 aromatic rings. The lowest BCUT2D eigenvalue weighted by molar-refractivity contribution is 0.0681. The van der Waals surface area contributed by atoms with E-state index < -0.39 is 9.84 Å². The molecule has 0 bridgehead atoms. The second kappa shape index (κ2) is 10.3. The first kappa shape index (κ1) is 22.6. The van der Waals surface area contributed by atoms with Gasteiger partial charge in [-0.2, -0.15) is 0 Å². The van der Waals surface area contributed by atoms with Crippen molar-refractivity contribution >= 4 is 27.3 Å². The Kier molecular flexibility index (Phi) is 7.78. The number of unbranched alkanes of at least 4 members (excludes halogenated alkanes) is 2. The molecule has 0 aliphatic carbocycles. The molecule has 1 aliphatic rings. The Morgan fingerprint density at radius 3 is 2.57 bits per heavy atom. The van der Waals surface area contributed by atoms with E-state index in [0.717, 1.165) is 30.6 Å². The predicted octanol–water partition coefficient (Wildman–Crippen LogP) is 4.74. The summed E-state index contributed by atoms with van der Waals surface area (Å²) in [6.07, 6.45) is 3.71. The van der Waals surface area contributed by atoms with Gasteiger partial charge >= 0.3 is 0 Å². The van der Waals surface area contributed by atoms with Gasteiger partial charge < -0.3 is 9.64 Å². The number of sulfone groups is 1. The van der Waals surface area contributed by atoms with Gasteiger partial charge in [0.05, 0.1) is 18.1 Å². The third-order valence-electron chi connectivity index (χ3n) is 5.27. The quantitative estimate of drug-likeness (QED) is 0.519. The lowest BCUT2D eigenvalue weighted by Crippen LogP contribution is -2.40. The maximum absolute atomic E-state index is 13.3. The molecule has 1 saturated heterocycles. The highest BCUT2D eigenvalue weighted by Gasteiger charge is 2.35. The average molecular weight is 450 g/mol. The summed E-state index contributed by atoms with van der Waals surface area (Å²) in [7, 11) is -3.12. The Hall–Kier alpha value is -2.05. The van der Waals surface area contributed by atoms with Gasteiger partial charge in [-0.15, -0.1) is 0 Å². The van der Waals surface area contributed by atoms with Crippen molar-refractivity contribution in [1.82, 2.24) is 4.90 Å². The molecule has 0 saturated carbocycles. The molecule has 1 amide bonds. The molecule has 0 unspecified atom stereocenters. The number of hydrogen-bond acceptors (Lipinski definition) is 4. The SMILES string of the molecule is CCCCCOc1ccc(C(=O)N(Cc2cccc(Cl)c2)[C@@H]2CCS(=O)(=O)C2)cc1. The zero-order chi connectivity index (χ0) is 21.6. The molecule has 1 heterocycles. The topological polar surface area (TPSA) is 63.7 Å². The van der Waals surface area contributed by atoms with Crippen LogP contribution in [0.5, 0.6) is 5.75 Å². The normalized spacial score (nSPS) is 17.6. The number of halogens is 1. The number of benzene rings is 2. The number of hydrogen-bond donors (Lipinski definition) is 0. The molecule has 1 aliphatic heterocycles. The summed E-state index contributed by atoms with van der Waals surface area (Å²) in [4.78, 5) is 15.0. The number of ether oxygens (including phenoxy) is 1. The molecule has 3 rings (SSSR count). The van der Waals surface area contributed by atoms with Gasteiger partial charge in [0.15, 0.2) is 9.84 Å². The predicted molar refractivity (Wildman–Crippen MR) is 120 cm³/mol. The van der Waals surface area contributed by atoms with Crippen molar-refractivity contribution in [3.8, 4) is 5.75 Å². The van der Waals surface area contributed by atoms with E-state index in [-0.39, 0.29) is 23.5 Å². The number of amides is 1. The lowest BCUT2D eigenvalue weighted by Gasteiger charge is -2.28. The van der Waals surface area contributed by atoms with Crippen LogP contribution in [0.1, 0.15) is 48.5 Å². The van der Waals surface area contributed by atoms with E-state index in [9.17, 15) is 13.2 Å². The Morgan fingerprint density at radius 2 is 1.93 bits per heavy atom. The van der Waals surface area contributed by atoms with E-state index in [1.54, 1.807) is 41.3 Å². The molecular formula is C23H28ClNO4S. The van der Waals surface area contributed by atoms with E-state index in [2.05, 4.69) is 6.92 Å². The van der Waals surface area contributed by atoms with Crippen LogP contribution in [0.15, 0.2) is 48.5 Å². The van der Waals surface area contributed by atoms with Gasteiger partial charge in [0, 0.05) is 23.2 Å². The van der Waals surface area contributed by atoms with Gasteiger partial charge in [-0.3, -0.25) is 4.79 Å². The van der Waals surface area contributed by atoms with Gasteiger partial charge in [0.25, 0.3) is 5.91 Å². The van der Waals surface area contributed by atoms with Crippen LogP contribution in [0.4, 0.5) is 0 Å². The standard InChI is InChI=1S/C23H28ClNO4S/c1-2-3-4-13-29-22-10-8-19(9-11-22)23(26)25(21-12-14-30(27,28)17-21)16-18-6-5-7-20(24)15-18/h5-11,15,21H,2-4,12-14,16-17H2,1H3/t21-/m1/s1. The molecule has 0 radical (unpaired) electrons. The molecule has 0 N–H and O–H groups in total. The molecule has 162 valence electrons. The second-order valence-electron chi connectivity index (χ2n) is 7.70. The van der Waals surface area contributed by atoms with Crippen molar-refractivity contribution in [2.45, 2.75) is 45.2 Å². The first-order chi connectivity index (χ1) is 14.4. The fraction of sp³-hybridized carbons (Fsp3) is 0.435. The first-order valence-corrected chi connectivity index (χ1v) is 12.6. The highest BCUT2D eigenvalue weighted by atomic mass is 35.5. The summed E-state index contributed by atoms with van der Waals surface area (Å²) in [5, 5.41) is 0.587. The molecule has 0 spiro atoms. The Morgan fingerprint density at radius 1 is 1.17 bits per heavy atom. The number of rotatable bonds is 9. The van der Waals surface area contributed by atoms with Crippen LogP contribution in [-0.4, -0.2) is 43.4 Å². The van der Waals surface area contributed by atoms with Crippen molar-refractivity contribution in [1.29, 1.82) is 0 Å². The molecule has 1 atom stereocenters. The van der Waals surface area contributed by atoms with E-state index >= 15 is 0 Å². The highest BCUT2D eigenvalue weighted by Crippen LogP contribution is 2.24. The summed E-state index contributed by atoms with van der Waals surface area (Å²) in [6, 6.07) is 14.0. The first-order valence-electron chi connectivity index (χ1n) is 10.4. The van der Waals surface area contributed by atoms with Gasteiger partial charge in [0.2, 0.25) is 0 Å². The number of carbonyl (C=O) groups excluding carboxylic acids is 1. The van der Waals surface area contributed by atoms with Crippen LogP contribution in [0.3, 0.4) is 0 Å². The minimum atomic E-state index is -3.12. The van der Waals surface area contributed by atoms with Crippen LogP contribution in [0.25, 0.3) is 0 Å². The monoisotopic (exact) mass is 449 g/mol. The summed E-state index contributed by atoms with van der Waals surface area (Å²) >= 11 is 6.10. The smallest absolute Gasteiger partial charge is 0.254 e. The van der Waals surface area contributed by atoms with E-state index in [0.29, 0.717) is 30.2 Å². The minimum absolute atomic E-state index is 0.00205. The minimum Gasteiger partial charge on any atom is -0.494 e.